The minimum atomic E-state index is -0.311. The molecule has 0 amide bonds. The Labute approximate surface area is 101 Å². The monoisotopic (exact) mass is 238 g/mol. The molecule has 1 atom stereocenters. The zero-order chi connectivity index (χ0) is 12.3. The van der Waals surface area contributed by atoms with Gasteiger partial charge in [-0.1, -0.05) is 6.92 Å². The molecule has 0 saturated heterocycles. The largest absolute Gasteiger partial charge is 0.474 e. The van der Waals surface area contributed by atoms with E-state index in [9.17, 15) is 4.39 Å². The molecule has 1 saturated carbocycles. The highest BCUT2D eigenvalue weighted by atomic mass is 19.1. The molecule has 0 spiro atoms. The Bertz CT molecular complexity index is 380. The third-order valence-electron chi connectivity index (χ3n) is 2.94. The smallest absolute Gasteiger partial charge is 0.218 e. The molecule has 1 N–H and O–H groups in total. The van der Waals surface area contributed by atoms with Crippen molar-refractivity contribution in [1.29, 1.82) is 0 Å². The minimum Gasteiger partial charge on any atom is -0.474 e. The van der Waals surface area contributed by atoms with Crippen molar-refractivity contribution in [2.24, 2.45) is 0 Å². The van der Waals surface area contributed by atoms with Crippen LogP contribution in [0.2, 0.25) is 0 Å². The van der Waals surface area contributed by atoms with Crippen molar-refractivity contribution < 1.29 is 9.13 Å². The van der Waals surface area contributed by atoms with Crippen LogP contribution in [0.15, 0.2) is 12.3 Å². The van der Waals surface area contributed by atoms with Gasteiger partial charge in [0.05, 0.1) is 12.3 Å². The number of aromatic nitrogens is 1. The van der Waals surface area contributed by atoms with Crippen molar-refractivity contribution in [3.63, 3.8) is 0 Å². The third-order valence-corrected chi connectivity index (χ3v) is 2.94. The topological polar surface area (TPSA) is 34.1 Å². The highest BCUT2D eigenvalue weighted by molar-refractivity contribution is 5.26. The molecule has 1 heterocycles. The van der Waals surface area contributed by atoms with E-state index >= 15 is 0 Å². The van der Waals surface area contributed by atoms with Gasteiger partial charge >= 0.3 is 0 Å². The maximum absolute atomic E-state index is 13.2. The molecule has 0 radical (unpaired) electrons. The Morgan fingerprint density at radius 2 is 2.35 bits per heavy atom. The molecule has 1 fully saturated rings. The van der Waals surface area contributed by atoms with Crippen LogP contribution in [0.1, 0.15) is 38.7 Å². The van der Waals surface area contributed by atoms with E-state index in [1.54, 1.807) is 0 Å². The van der Waals surface area contributed by atoms with Gasteiger partial charge in [0, 0.05) is 18.2 Å². The van der Waals surface area contributed by atoms with Crippen LogP contribution in [0.5, 0.6) is 5.88 Å². The zero-order valence-corrected chi connectivity index (χ0v) is 10.4. The number of hydrogen-bond acceptors (Lipinski definition) is 3. The zero-order valence-electron chi connectivity index (χ0n) is 10.4. The molecule has 4 heteroatoms. The maximum atomic E-state index is 13.2. The van der Waals surface area contributed by atoms with Crippen LogP contribution in [0.3, 0.4) is 0 Å². The average Bonchev–Trinajstić information content (AvgIpc) is 3.13. The summed E-state index contributed by atoms with van der Waals surface area (Å²) < 4.78 is 18.8. The summed E-state index contributed by atoms with van der Waals surface area (Å²) in [5, 5.41) is 3.35. The van der Waals surface area contributed by atoms with Crippen molar-refractivity contribution >= 4 is 0 Å². The van der Waals surface area contributed by atoms with Crippen LogP contribution < -0.4 is 10.1 Å². The van der Waals surface area contributed by atoms with Gasteiger partial charge < -0.3 is 10.1 Å². The lowest BCUT2D eigenvalue weighted by Crippen LogP contribution is -2.18. The fraction of sp³-hybridized carbons (Fsp3) is 0.615. The Kier molecular flexibility index (Phi) is 3.94. The normalized spacial score (nSPS) is 16.9. The van der Waals surface area contributed by atoms with Gasteiger partial charge in [0.15, 0.2) is 0 Å². The van der Waals surface area contributed by atoms with Gasteiger partial charge in [-0.2, -0.15) is 0 Å². The number of nitrogens with one attached hydrogen (secondary N) is 1. The number of hydrogen-bond donors (Lipinski definition) is 1. The molecule has 1 unspecified atom stereocenters. The van der Waals surface area contributed by atoms with Crippen molar-refractivity contribution in [2.45, 2.75) is 51.8 Å². The van der Waals surface area contributed by atoms with Gasteiger partial charge in [-0.25, -0.2) is 9.37 Å². The second-order valence-corrected chi connectivity index (χ2v) is 4.61. The quantitative estimate of drug-likeness (QED) is 0.827. The Hall–Kier alpha value is -1.16. The average molecular weight is 238 g/mol. The molecular formula is C13H19FN2O. The van der Waals surface area contributed by atoms with Crippen molar-refractivity contribution in [1.82, 2.24) is 10.3 Å². The molecule has 1 aliphatic rings. The van der Waals surface area contributed by atoms with Crippen LogP contribution in [0, 0.1) is 5.82 Å². The lowest BCUT2D eigenvalue weighted by atomic mass is 10.2. The fourth-order valence-electron chi connectivity index (χ4n) is 1.52. The standard InChI is InChI=1S/C13H19FN2O/c1-3-9(2)17-13-10(6-11(14)8-16-13)7-15-12-4-5-12/h6,8-9,12,15H,3-5,7H2,1-2H3. The van der Waals surface area contributed by atoms with Gasteiger partial charge in [-0.3, -0.25) is 0 Å². The second kappa shape index (κ2) is 5.45. The number of rotatable bonds is 6. The molecule has 1 aliphatic carbocycles. The number of halogens is 1. The van der Waals surface area contributed by atoms with Crippen LogP contribution in [0.4, 0.5) is 4.39 Å². The van der Waals surface area contributed by atoms with E-state index < -0.39 is 0 Å². The molecule has 1 aromatic rings. The van der Waals surface area contributed by atoms with Gasteiger partial charge in [0.1, 0.15) is 5.82 Å². The van der Waals surface area contributed by atoms with Crippen LogP contribution >= 0.6 is 0 Å². The van der Waals surface area contributed by atoms with E-state index in [0.717, 1.165) is 12.0 Å². The number of nitrogens with zero attached hydrogens (tertiary/aromatic N) is 1. The van der Waals surface area contributed by atoms with Crippen LogP contribution in [-0.2, 0) is 6.54 Å². The predicted molar refractivity (Wildman–Crippen MR) is 64.4 cm³/mol. The summed E-state index contributed by atoms with van der Waals surface area (Å²) in [5.74, 6) is 0.239. The lowest BCUT2D eigenvalue weighted by Gasteiger charge is -2.15. The minimum absolute atomic E-state index is 0.104. The first-order valence-electron chi connectivity index (χ1n) is 6.23. The van der Waals surface area contributed by atoms with Gasteiger partial charge in [-0.05, 0) is 32.3 Å². The highest BCUT2D eigenvalue weighted by Gasteiger charge is 2.21. The summed E-state index contributed by atoms with van der Waals surface area (Å²) in [4.78, 5) is 4.03. The molecular weight excluding hydrogens is 219 g/mol. The van der Waals surface area contributed by atoms with Crippen molar-refractivity contribution in [2.75, 3.05) is 0 Å². The van der Waals surface area contributed by atoms with E-state index in [1.807, 2.05) is 6.92 Å². The summed E-state index contributed by atoms with van der Waals surface area (Å²) in [5.41, 5.74) is 0.803. The molecule has 0 aliphatic heterocycles. The first kappa shape index (κ1) is 12.3. The molecule has 3 nitrogen and oxygen atoms in total. The predicted octanol–water partition coefficient (Wildman–Crippen LogP) is 2.65. The molecule has 0 bridgehead atoms. The Morgan fingerprint density at radius 1 is 1.59 bits per heavy atom. The number of pyridine rings is 1. The fourth-order valence-corrected chi connectivity index (χ4v) is 1.52. The van der Waals surface area contributed by atoms with E-state index in [1.165, 1.54) is 25.1 Å². The van der Waals surface area contributed by atoms with Gasteiger partial charge in [0.2, 0.25) is 5.88 Å². The SMILES string of the molecule is CCC(C)Oc1ncc(F)cc1CNC1CC1. The first-order valence-corrected chi connectivity index (χ1v) is 6.23. The molecule has 2 rings (SSSR count). The molecule has 1 aromatic heterocycles. The number of ether oxygens (including phenoxy) is 1. The van der Waals surface area contributed by atoms with Crippen molar-refractivity contribution in [3.8, 4) is 5.88 Å². The Morgan fingerprint density at radius 3 is 3.00 bits per heavy atom. The first-order chi connectivity index (χ1) is 8.19. The summed E-state index contributed by atoms with van der Waals surface area (Å²) >= 11 is 0. The van der Waals surface area contributed by atoms with E-state index in [2.05, 4.69) is 17.2 Å². The molecule has 0 aromatic carbocycles. The van der Waals surface area contributed by atoms with Crippen LogP contribution in [-0.4, -0.2) is 17.1 Å². The second-order valence-electron chi connectivity index (χ2n) is 4.61. The summed E-state index contributed by atoms with van der Waals surface area (Å²) in [6.45, 7) is 4.67. The van der Waals surface area contributed by atoms with E-state index in [0.29, 0.717) is 18.5 Å². The Balaban J connectivity index is 2.05. The third kappa shape index (κ3) is 3.66. The maximum Gasteiger partial charge on any atom is 0.218 e. The van der Waals surface area contributed by atoms with Crippen molar-refractivity contribution in [3.05, 3.63) is 23.6 Å². The molecule has 17 heavy (non-hydrogen) atoms. The lowest BCUT2D eigenvalue weighted by molar-refractivity contribution is 0.205. The van der Waals surface area contributed by atoms with Gasteiger partial charge in [-0.15, -0.1) is 0 Å². The van der Waals surface area contributed by atoms with Gasteiger partial charge in [0.25, 0.3) is 0 Å². The summed E-state index contributed by atoms with van der Waals surface area (Å²) in [7, 11) is 0. The van der Waals surface area contributed by atoms with E-state index in [-0.39, 0.29) is 11.9 Å². The van der Waals surface area contributed by atoms with E-state index in [4.69, 9.17) is 4.74 Å². The summed E-state index contributed by atoms with van der Waals surface area (Å²) in [6.07, 6.45) is 4.65. The molecule has 94 valence electrons. The van der Waals surface area contributed by atoms with Crippen LogP contribution in [0.25, 0.3) is 0 Å². The summed E-state index contributed by atoms with van der Waals surface area (Å²) in [6, 6.07) is 2.09. The highest BCUT2D eigenvalue weighted by Crippen LogP contribution is 2.22.